The van der Waals surface area contributed by atoms with E-state index in [-0.39, 0.29) is 0 Å². The van der Waals surface area contributed by atoms with E-state index in [0.29, 0.717) is 0 Å². The number of thioether (sulfide) groups is 1. The van der Waals surface area contributed by atoms with E-state index in [1.54, 1.807) is 12.4 Å². The van der Waals surface area contributed by atoms with Gasteiger partial charge in [0.05, 0.1) is 0 Å². The van der Waals surface area contributed by atoms with Gasteiger partial charge < -0.3 is 5.32 Å². The average Bonchev–Trinajstić information content (AvgIpc) is 2.52. The van der Waals surface area contributed by atoms with Crippen LogP contribution >= 0.6 is 11.8 Å². The molecular formula is C15H20N4S. The highest BCUT2D eigenvalue weighted by atomic mass is 32.2. The molecule has 2 rings (SSSR count). The Morgan fingerprint density at radius 3 is 2.70 bits per heavy atom. The predicted molar refractivity (Wildman–Crippen MR) is 86.1 cm³/mol. The van der Waals surface area contributed by atoms with Gasteiger partial charge in [0, 0.05) is 36.3 Å². The highest BCUT2D eigenvalue weighted by Gasteiger charge is 2.05. The van der Waals surface area contributed by atoms with Crippen LogP contribution in [0.25, 0.3) is 11.4 Å². The third-order valence-electron chi connectivity index (χ3n) is 2.91. The van der Waals surface area contributed by atoms with Gasteiger partial charge in [0.1, 0.15) is 5.82 Å². The third kappa shape index (κ3) is 4.20. The smallest absolute Gasteiger partial charge is 0.161 e. The van der Waals surface area contributed by atoms with E-state index in [1.807, 2.05) is 30.0 Å². The minimum Gasteiger partial charge on any atom is -0.370 e. The molecule has 0 aliphatic carbocycles. The van der Waals surface area contributed by atoms with Crippen molar-refractivity contribution in [2.75, 3.05) is 23.9 Å². The van der Waals surface area contributed by atoms with Crippen molar-refractivity contribution in [3.8, 4) is 11.4 Å². The largest absolute Gasteiger partial charge is 0.370 e. The van der Waals surface area contributed by atoms with E-state index >= 15 is 0 Å². The molecule has 0 aliphatic rings. The first-order valence-corrected chi connectivity index (χ1v) is 8.24. The summed E-state index contributed by atoms with van der Waals surface area (Å²) in [6, 6.07) is 5.91. The van der Waals surface area contributed by atoms with Crippen molar-refractivity contribution in [2.45, 2.75) is 19.8 Å². The van der Waals surface area contributed by atoms with E-state index in [1.165, 1.54) is 0 Å². The van der Waals surface area contributed by atoms with Gasteiger partial charge in [0.2, 0.25) is 0 Å². The molecule has 0 spiro atoms. The fraction of sp³-hybridized carbons (Fsp3) is 0.400. The highest BCUT2D eigenvalue weighted by molar-refractivity contribution is 7.98. The summed E-state index contributed by atoms with van der Waals surface area (Å²) in [6.45, 7) is 3.05. The molecule has 2 heterocycles. The van der Waals surface area contributed by atoms with Crippen LogP contribution in [0.2, 0.25) is 0 Å². The van der Waals surface area contributed by atoms with Gasteiger partial charge in [0.25, 0.3) is 0 Å². The summed E-state index contributed by atoms with van der Waals surface area (Å²) in [5.74, 6) is 2.83. The summed E-state index contributed by atoms with van der Waals surface area (Å²) in [5, 5.41) is 3.38. The molecule has 0 unspecified atom stereocenters. The Hall–Kier alpha value is -1.62. The lowest BCUT2D eigenvalue weighted by Crippen LogP contribution is -2.07. The molecule has 0 saturated carbocycles. The monoisotopic (exact) mass is 288 g/mol. The normalized spacial score (nSPS) is 10.5. The minimum absolute atomic E-state index is 0.763. The fourth-order valence-electron chi connectivity index (χ4n) is 1.83. The van der Waals surface area contributed by atoms with Crippen molar-refractivity contribution < 1.29 is 0 Å². The molecule has 0 amide bonds. The van der Waals surface area contributed by atoms with Crippen molar-refractivity contribution in [1.82, 2.24) is 15.0 Å². The fourth-order valence-corrected chi connectivity index (χ4v) is 2.27. The summed E-state index contributed by atoms with van der Waals surface area (Å²) >= 11 is 1.86. The van der Waals surface area contributed by atoms with Crippen molar-refractivity contribution >= 4 is 17.6 Å². The Balaban J connectivity index is 2.16. The second-order valence-electron chi connectivity index (χ2n) is 4.43. The number of aryl methyl sites for hydroxylation is 1. The summed E-state index contributed by atoms with van der Waals surface area (Å²) in [5.41, 5.74) is 2.06. The van der Waals surface area contributed by atoms with Gasteiger partial charge in [0.15, 0.2) is 5.82 Å². The molecule has 0 atom stereocenters. The zero-order valence-corrected chi connectivity index (χ0v) is 12.8. The summed E-state index contributed by atoms with van der Waals surface area (Å²) < 4.78 is 0. The lowest BCUT2D eigenvalue weighted by molar-refractivity contribution is 0.959. The number of anilines is 1. The van der Waals surface area contributed by atoms with E-state index in [4.69, 9.17) is 0 Å². The zero-order chi connectivity index (χ0) is 14.2. The Bertz CT molecular complexity index is 531. The number of hydrogen-bond donors (Lipinski definition) is 1. The molecule has 0 aliphatic heterocycles. The number of aromatic nitrogens is 3. The highest BCUT2D eigenvalue weighted by Crippen LogP contribution is 2.17. The zero-order valence-electron chi connectivity index (χ0n) is 12.0. The van der Waals surface area contributed by atoms with Gasteiger partial charge in [-0.3, -0.25) is 4.98 Å². The Kier molecular flexibility index (Phi) is 5.80. The predicted octanol–water partition coefficient (Wildman–Crippen LogP) is 3.27. The number of nitrogens with zero attached hydrogens (tertiary/aromatic N) is 3. The summed E-state index contributed by atoms with van der Waals surface area (Å²) in [7, 11) is 0. The van der Waals surface area contributed by atoms with Gasteiger partial charge in [-0.15, -0.1) is 0 Å². The second-order valence-corrected chi connectivity index (χ2v) is 5.42. The van der Waals surface area contributed by atoms with Crippen LogP contribution in [0.1, 0.15) is 19.0 Å². The maximum Gasteiger partial charge on any atom is 0.161 e. The minimum atomic E-state index is 0.763. The number of nitrogens with one attached hydrogen (secondary N) is 1. The maximum atomic E-state index is 4.59. The maximum absolute atomic E-state index is 4.59. The molecule has 2 aromatic heterocycles. The molecule has 0 bridgehead atoms. The molecule has 0 saturated heterocycles. The number of rotatable bonds is 7. The Morgan fingerprint density at radius 2 is 2.00 bits per heavy atom. The molecule has 1 N–H and O–H groups in total. The van der Waals surface area contributed by atoms with Crippen LogP contribution in [0.4, 0.5) is 5.82 Å². The first-order chi connectivity index (χ1) is 9.83. The van der Waals surface area contributed by atoms with Crippen molar-refractivity contribution in [3.05, 3.63) is 36.3 Å². The lowest BCUT2D eigenvalue weighted by Gasteiger charge is -2.09. The molecule has 0 radical (unpaired) electrons. The lowest BCUT2D eigenvalue weighted by atomic mass is 10.2. The summed E-state index contributed by atoms with van der Waals surface area (Å²) in [4.78, 5) is 13.2. The Morgan fingerprint density at radius 1 is 1.20 bits per heavy atom. The van der Waals surface area contributed by atoms with Crippen LogP contribution in [0.15, 0.2) is 30.6 Å². The van der Waals surface area contributed by atoms with Crippen LogP contribution < -0.4 is 5.32 Å². The molecule has 106 valence electrons. The van der Waals surface area contributed by atoms with Gasteiger partial charge >= 0.3 is 0 Å². The van der Waals surface area contributed by atoms with Crippen molar-refractivity contribution in [3.63, 3.8) is 0 Å². The molecular weight excluding hydrogens is 268 g/mol. The number of hydrogen-bond acceptors (Lipinski definition) is 5. The van der Waals surface area contributed by atoms with E-state index in [2.05, 4.69) is 33.4 Å². The molecule has 2 aromatic rings. The van der Waals surface area contributed by atoms with E-state index in [0.717, 1.165) is 48.0 Å². The molecule has 0 aromatic carbocycles. The van der Waals surface area contributed by atoms with Crippen LogP contribution in [0.5, 0.6) is 0 Å². The average molecular weight is 288 g/mol. The first-order valence-electron chi connectivity index (χ1n) is 6.84. The van der Waals surface area contributed by atoms with Crippen LogP contribution in [-0.2, 0) is 6.42 Å². The van der Waals surface area contributed by atoms with E-state index < -0.39 is 0 Å². The van der Waals surface area contributed by atoms with Gasteiger partial charge in [-0.1, -0.05) is 6.92 Å². The second kappa shape index (κ2) is 7.85. The van der Waals surface area contributed by atoms with Crippen LogP contribution in [0.3, 0.4) is 0 Å². The SMILES string of the molecule is CCc1cc(NCCCSC)nc(-c2ccncc2)n1. The van der Waals surface area contributed by atoms with E-state index in [9.17, 15) is 0 Å². The topological polar surface area (TPSA) is 50.7 Å². The molecule has 20 heavy (non-hydrogen) atoms. The third-order valence-corrected chi connectivity index (χ3v) is 3.61. The molecule has 4 nitrogen and oxygen atoms in total. The van der Waals surface area contributed by atoms with Gasteiger partial charge in [-0.05, 0) is 37.0 Å². The van der Waals surface area contributed by atoms with Crippen LogP contribution in [0, 0.1) is 0 Å². The number of pyridine rings is 1. The standard InChI is InChI=1S/C15H20N4S/c1-3-13-11-14(17-7-4-10-20-2)19-15(18-13)12-5-8-16-9-6-12/h5-6,8-9,11H,3-4,7,10H2,1-2H3,(H,17,18,19). The van der Waals surface area contributed by atoms with Crippen molar-refractivity contribution in [2.24, 2.45) is 0 Å². The quantitative estimate of drug-likeness (QED) is 0.792. The van der Waals surface area contributed by atoms with Gasteiger partial charge in [-0.25, -0.2) is 9.97 Å². The first kappa shape index (κ1) is 14.8. The summed E-state index contributed by atoms with van der Waals surface area (Å²) in [6.07, 6.45) is 7.70. The van der Waals surface area contributed by atoms with Crippen LogP contribution in [-0.4, -0.2) is 33.5 Å². The van der Waals surface area contributed by atoms with Gasteiger partial charge in [-0.2, -0.15) is 11.8 Å². The van der Waals surface area contributed by atoms with Crippen molar-refractivity contribution in [1.29, 1.82) is 0 Å². The Labute approximate surface area is 124 Å². The molecule has 0 fully saturated rings. The molecule has 5 heteroatoms.